The van der Waals surface area contributed by atoms with Gasteiger partial charge in [-0.15, -0.1) is 11.3 Å². The van der Waals surface area contributed by atoms with Gasteiger partial charge in [-0.3, -0.25) is 19.4 Å². The number of amides is 2. The summed E-state index contributed by atoms with van der Waals surface area (Å²) < 4.78 is 0.752. The molecule has 27 heavy (non-hydrogen) atoms. The molecule has 1 aromatic heterocycles. The van der Waals surface area contributed by atoms with Crippen molar-refractivity contribution in [1.29, 1.82) is 0 Å². The standard InChI is InChI=1S/C19H29ClN4O2S/c1-21(13-16-5-6-17(20)27-16)18(25)14-22-7-4-8-23(12-11-22)15-19(26)24-9-2-3-10-24/h5-6H,2-4,7-15H2,1H3. The van der Waals surface area contributed by atoms with Crippen molar-refractivity contribution in [2.75, 3.05) is 59.4 Å². The highest BCUT2D eigenvalue weighted by Crippen LogP contribution is 2.22. The predicted molar refractivity (Wildman–Crippen MR) is 109 cm³/mol. The Hall–Kier alpha value is -1.15. The van der Waals surface area contributed by atoms with E-state index in [9.17, 15) is 9.59 Å². The van der Waals surface area contributed by atoms with Crippen LogP contribution in [0.1, 0.15) is 24.1 Å². The monoisotopic (exact) mass is 412 g/mol. The van der Waals surface area contributed by atoms with Gasteiger partial charge >= 0.3 is 0 Å². The maximum Gasteiger partial charge on any atom is 0.236 e. The molecule has 2 aliphatic heterocycles. The Morgan fingerprint density at radius 2 is 1.67 bits per heavy atom. The summed E-state index contributed by atoms with van der Waals surface area (Å²) in [4.78, 5) is 34.2. The zero-order chi connectivity index (χ0) is 19.2. The van der Waals surface area contributed by atoms with Crippen LogP contribution in [-0.2, 0) is 16.1 Å². The molecule has 0 N–H and O–H groups in total. The van der Waals surface area contributed by atoms with E-state index >= 15 is 0 Å². The molecule has 0 saturated carbocycles. The van der Waals surface area contributed by atoms with Gasteiger partial charge in [-0.2, -0.15) is 0 Å². The Morgan fingerprint density at radius 1 is 1.00 bits per heavy atom. The lowest BCUT2D eigenvalue weighted by Gasteiger charge is -2.25. The minimum atomic E-state index is 0.126. The van der Waals surface area contributed by atoms with Gasteiger partial charge in [-0.1, -0.05) is 11.6 Å². The summed E-state index contributed by atoms with van der Waals surface area (Å²) in [6, 6.07) is 3.84. The highest BCUT2D eigenvalue weighted by Gasteiger charge is 2.23. The zero-order valence-corrected chi connectivity index (χ0v) is 17.6. The number of rotatable bonds is 6. The molecule has 0 aliphatic carbocycles. The van der Waals surface area contributed by atoms with E-state index in [1.54, 1.807) is 4.90 Å². The van der Waals surface area contributed by atoms with Crippen molar-refractivity contribution in [3.63, 3.8) is 0 Å². The van der Waals surface area contributed by atoms with Gasteiger partial charge in [0.05, 0.1) is 24.0 Å². The van der Waals surface area contributed by atoms with Gasteiger partial charge in [-0.25, -0.2) is 0 Å². The minimum absolute atomic E-state index is 0.126. The number of hydrogen-bond acceptors (Lipinski definition) is 5. The number of carbonyl (C=O) groups excluding carboxylic acids is 2. The zero-order valence-electron chi connectivity index (χ0n) is 16.0. The van der Waals surface area contributed by atoms with Crippen molar-refractivity contribution < 1.29 is 9.59 Å². The fourth-order valence-corrected chi connectivity index (χ4v) is 4.81. The number of nitrogens with zero attached hydrogens (tertiary/aromatic N) is 4. The van der Waals surface area contributed by atoms with Crippen LogP contribution in [0.2, 0.25) is 4.34 Å². The quantitative estimate of drug-likeness (QED) is 0.716. The van der Waals surface area contributed by atoms with Crippen molar-refractivity contribution in [2.24, 2.45) is 0 Å². The summed E-state index contributed by atoms with van der Waals surface area (Å²) >= 11 is 7.48. The molecule has 0 unspecified atom stereocenters. The molecule has 150 valence electrons. The number of carbonyl (C=O) groups is 2. The van der Waals surface area contributed by atoms with Gasteiger partial charge in [0, 0.05) is 38.1 Å². The van der Waals surface area contributed by atoms with Crippen LogP contribution in [0, 0.1) is 0 Å². The van der Waals surface area contributed by atoms with Crippen LogP contribution in [0.3, 0.4) is 0 Å². The summed E-state index contributed by atoms with van der Waals surface area (Å²) in [6.45, 7) is 6.87. The third kappa shape index (κ3) is 6.17. The van der Waals surface area contributed by atoms with E-state index < -0.39 is 0 Å². The lowest BCUT2D eigenvalue weighted by molar-refractivity contribution is -0.132. The first-order chi connectivity index (χ1) is 13.0. The maximum atomic E-state index is 12.5. The second-order valence-electron chi connectivity index (χ2n) is 7.45. The molecule has 2 aliphatic rings. The van der Waals surface area contributed by atoms with Gasteiger partial charge in [-0.05, 0) is 44.5 Å². The molecule has 1 aromatic rings. The van der Waals surface area contributed by atoms with Crippen LogP contribution in [0.15, 0.2) is 12.1 Å². The average molecular weight is 413 g/mol. The van der Waals surface area contributed by atoms with E-state index in [-0.39, 0.29) is 11.8 Å². The number of hydrogen-bond donors (Lipinski definition) is 0. The molecule has 3 heterocycles. The molecule has 2 amide bonds. The molecule has 3 rings (SSSR count). The predicted octanol–water partition coefficient (Wildman–Crippen LogP) is 1.99. The first kappa shape index (κ1) is 20.6. The van der Waals surface area contributed by atoms with E-state index in [1.807, 2.05) is 24.1 Å². The largest absolute Gasteiger partial charge is 0.342 e. The van der Waals surface area contributed by atoms with Gasteiger partial charge in [0.1, 0.15) is 0 Å². The van der Waals surface area contributed by atoms with Gasteiger partial charge < -0.3 is 9.80 Å². The number of likely N-dealkylation sites (N-methyl/N-ethyl adjacent to an activating group) is 1. The Morgan fingerprint density at radius 3 is 2.30 bits per heavy atom. The Labute approximate surface area is 170 Å². The van der Waals surface area contributed by atoms with E-state index in [4.69, 9.17) is 11.6 Å². The second-order valence-corrected chi connectivity index (χ2v) is 9.25. The van der Waals surface area contributed by atoms with Crippen LogP contribution in [0.4, 0.5) is 0 Å². The van der Waals surface area contributed by atoms with E-state index in [2.05, 4.69) is 9.80 Å². The molecule has 2 saturated heterocycles. The molecule has 8 heteroatoms. The molecule has 0 bridgehead atoms. The summed E-state index contributed by atoms with van der Waals surface area (Å²) in [5.41, 5.74) is 0. The van der Waals surface area contributed by atoms with Crippen molar-refractivity contribution in [3.8, 4) is 0 Å². The summed E-state index contributed by atoms with van der Waals surface area (Å²) in [5, 5.41) is 0. The normalized spacial score (nSPS) is 19.3. The fourth-order valence-electron chi connectivity index (χ4n) is 3.67. The molecule has 6 nitrogen and oxygen atoms in total. The van der Waals surface area contributed by atoms with Gasteiger partial charge in [0.25, 0.3) is 0 Å². The maximum absolute atomic E-state index is 12.5. The number of halogens is 1. The summed E-state index contributed by atoms with van der Waals surface area (Å²) in [5.74, 6) is 0.382. The lowest BCUT2D eigenvalue weighted by atomic mass is 10.3. The summed E-state index contributed by atoms with van der Waals surface area (Å²) in [7, 11) is 1.84. The Balaban J connectivity index is 1.42. The third-order valence-corrected chi connectivity index (χ3v) is 6.52. The second kappa shape index (κ2) is 9.87. The van der Waals surface area contributed by atoms with Crippen molar-refractivity contribution >= 4 is 34.8 Å². The smallest absolute Gasteiger partial charge is 0.236 e. The van der Waals surface area contributed by atoms with Crippen LogP contribution in [0.5, 0.6) is 0 Å². The van der Waals surface area contributed by atoms with Crippen molar-refractivity contribution in [1.82, 2.24) is 19.6 Å². The van der Waals surface area contributed by atoms with Gasteiger partial charge in [0.2, 0.25) is 11.8 Å². The summed E-state index contributed by atoms with van der Waals surface area (Å²) in [6.07, 6.45) is 3.25. The average Bonchev–Trinajstić information content (AvgIpc) is 3.26. The highest BCUT2D eigenvalue weighted by molar-refractivity contribution is 7.16. The van der Waals surface area contributed by atoms with Crippen LogP contribution in [-0.4, -0.2) is 90.8 Å². The number of likely N-dealkylation sites (tertiary alicyclic amines) is 1. The first-order valence-electron chi connectivity index (χ1n) is 9.72. The first-order valence-corrected chi connectivity index (χ1v) is 10.9. The Kier molecular flexibility index (Phi) is 7.52. The van der Waals surface area contributed by atoms with Crippen LogP contribution < -0.4 is 0 Å². The number of thiophene rings is 1. The molecule has 0 spiro atoms. The molecule has 0 atom stereocenters. The van der Waals surface area contributed by atoms with Crippen molar-refractivity contribution in [3.05, 3.63) is 21.3 Å². The van der Waals surface area contributed by atoms with E-state index in [0.29, 0.717) is 19.6 Å². The molecular weight excluding hydrogens is 384 g/mol. The highest BCUT2D eigenvalue weighted by atomic mass is 35.5. The lowest BCUT2D eigenvalue weighted by Crippen LogP contribution is -2.42. The van der Waals surface area contributed by atoms with Crippen molar-refractivity contribution in [2.45, 2.75) is 25.8 Å². The van der Waals surface area contributed by atoms with Crippen LogP contribution in [0.25, 0.3) is 0 Å². The van der Waals surface area contributed by atoms with Gasteiger partial charge in [0.15, 0.2) is 0 Å². The SMILES string of the molecule is CN(Cc1ccc(Cl)s1)C(=O)CN1CCCN(CC(=O)N2CCCC2)CC1. The molecular formula is C19H29ClN4O2S. The molecule has 2 fully saturated rings. The van der Waals surface area contributed by atoms with Crippen LogP contribution >= 0.6 is 22.9 Å². The minimum Gasteiger partial charge on any atom is -0.342 e. The molecule has 0 aromatic carbocycles. The van der Waals surface area contributed by atoms with E-state index in [1.165, 1.54) is 11.3 Å². The Bertz CT molecular complexity index is 647. The van der Waals surface area contributed by atoms with E-state index in [0.717, 1.165) is 67.7 Å². The topological polar surface area (TPSA) is 47.1 Å². The third-order valence-electron chi connectivity index (χ3n) is 5.31. The molecule has 0 radical (unpaired) electrons. The fraction of sp³-hybridized carbons (Fsp3) is 0.684.